The van der Waals surface area contributed by atoms with E-state index < -0.39 is 10.0 Å². The molecule has 0 heterocycles. The SMILES string of the molecule is CN(c1cccc(C2(CN)CCC2)c1)S(C)(=O)=O. The van der Waals surface area contributed by atoms with Gasteiger partial charge in [0.25, 0.3) is 0 Å². The van der Waals surface area contributed by atoms with Gasteiger partial charge in [0.05, 0.1) is 11.9 Å². The van der Waals surface area contributed by atoms with Gasteiger partial charge >= 0.3 is 0 Å². The van der Waals surface area contributed by atoms with Crippen molar-refractivity contribution in [2.45, 2.75) is 24.7 Å². The standard InChI is InChI=1S/C13H20N2O2S/c1-15(18(2,16)17)12-6-3-5-11(9-12)13(10-14)7-4-8-13/h3,5-6,9H,4,7-8,10,14H2,1-2H3. The summed E-state index contributed by atoms with van der Waals surface area (Å²) in [6, 6.07) is 7.72. The van der Waals surface area contributed by atoms with Crippen LogP contribution in [-0.4, -0.2) is 28.3 Å². The average molecular weight is 268 g/mol. The largest absolute Gasteiger partial charge is 0.330 e. The Kier molecular flexibility index (Phi) is 3.38. The molecule has 0 amide bonds. The van der Waals surface area contributed by atoms with Crippen LogP contribution in [-0.2, 0) is 15.4 Å². The molecule has 0 unspecified atom stereocenters. The Morgan fingerprint density at radius 2 is 2.06 bits per heavy atom. The van der Waals surface area contributed by atoms with Gasteiger partial charge in [0, 0.05) is 19.0 Å². The van der Waals surface area contributed by atoms with Gasteiger partial charge in [0.15, 0.2) is 0 Å². The Bertz CT molecular complexity index is 530. The lowest BCUT2D eigenvalue weighted by atomic mass is 9.64. The summed E-state index contributed by atoms with van der Waals surface area (Å²) in [5.74, 6) is 0. The maximum Gasteiger partial charge on any atom is 0.231 e. The molecular weight excluding hydrogens is 248 g/mol. The Morgan fingerprint density at radius 1 is 1.39 bits per heavy atom. The summed E-state index contributed by atoms with van der Waals surface area (Å²) >= 11 is 0. The van der Waals surface area contributed by atoms with E-state index in [1.807, 2.05) is 24.3 Å². The van der Waals surface area contributed by atoms with Crippen LogP contribution in [0.1, 0.15) is 24.8 Å². The minimum Gasteiger partial charge on any atom is -0.330 e. The number of benzene rings is 1. The fraction of sp³-hybridized carbons (Fsp3) is 0.538. The molecule has 4 nitrogen and oxygen atoms in total. The summed E-state index contributed by atoms with van der Waals surface area (Å²) < 4.78 is 24.4. The van der Waals surface area contributed by atoms with Gasteiger partial charge in [-0.1, -0.05) is 18.6 Å². The minimum atomic E-state index is -3.21. The molecule has 1 aliphatic carbocycles. The summed E-state index contributed by atoms with van der Waals surface area (Å²) in [4.78, 5) is 0. The van der Waals surface area contributed by atoms with E-state index in [0.29, 0.717) is 12.2 Å². The highest BCUT2D eigenvalue weighted by atomic mass is 32.2. The van der Waals surface area contributed by atoms with Crippen LogP contribution in [0.5, 0.6) is 0 Å². The number of anilines is 1. The maximum atomic E-state index is 11.5. The highest BCUT2D eigenvalue weighted by Gasteiger charge is 2.37. The van der Waals surface area contributed by atoms with E-state index >= 15 is 0 Å². The zero-order valence-electron chi connectivity index (χ0n) is 10.9. The molecule has 0 bridgehead atoms. The third-order valence-electron chi connectivity index (χ3n) is 4.02. The van der Waals surface area contributed by atoms with E-state index in [1.54, 1.807) is 7.05 Å². The molecule has 0 aliphatic heterocycles. The Hall–Kier alpha value is -1.07. The highest BCUT2D eigenvalue weighted by molar-refractivity contribution is 7.92. The van der Waals surface area contributed by atoms with E-state index in [0.717, 1.165) is 18.4 Å². The lowest BCUT2D eigenvalue weighted by Crippen LogP contribution is -2.41. The molecule has 1 aliphatic rings. The zero-order chi connectivity index (χ0) is 13.4. The number of hydrogen-bond donors (Lipinski definition) is 1. The first kappa shape index (κ1) is 13.4. The van der Waals surface area contributed by atoms with Crippen molar-refractivity contribution >= 4 is 15.7 Å². The molecule has 0 spiro atoms. The predicted molar refractivity (Wildman–Crippen MR) is 74.3 cm³/mol. The van der Waals surface area contributed by atoms with Crippen molar-refractivity contribution in [1.29, 1.82) is 0 Å². The number of nitrogens with two attached hydrogens (primary N) is 1. The van der Waals surface area contributed by atoms with Crippen LogP contribution in [0.15, 0.2) is 24.3 Å². The van der Waals surface area contributed by atoms with Crippen molar-refractivity contribution in [3.05, 3.63) is 29.8 Å². The Morgan fingerprint density at radius 3 is 2.50 bits per heavy atom. The fourth-order valence-corrected chi connectivity index (χ4v) is 2.93. The first-order valence-electron chi connectivity index (χ1n) is 6.14. The molecule has 100 valence electrons. The normalized spacial score (nSPS) is 18.2. The average Bonchev–Trinajstić information content (AvgIpc) is 2.26. The second-order valence-corrected chi connectivity index (χ2v) is 7.13. The summed E-state index contributed by atoms with van der Waals surface area (Å²) in [7, 11) is -1.64. The molecule has 18 heavy (non-hydrogen) atoms. The van der Waals surface area contributed by atoms with Gasteiger partial charge in [0.1, 0.15) is 0 Å². The van der Waals surface area contributed by atoms with Crippen molar-refractivity contribution in [3.8, 4) is 0 Å². The van der Waals surface area contributed by atoms with Crippen LogP contribution < -0.4 is 10.0 Å². The van der Waals surface area contributed by atoms with Gasteiger partial charge in [-0.3, -0.25) is 4.31 Å². The first-order chi connectivity index (χ1) is 8.39. The summed E-state index contributed by atoms with van der Waals surface area (Å²) in [6.45, 7) is 0.624. The summed E-state index contributed by atoms with van der Waals surface area (Å²) in [5.41, 5.74) is 7.80. The molecule has 2 N–H and O–H groups in total. The number of sulfonamides is 1. The van der Waals surface area contributed by atoms with Gasteiger partial charge in [0.2, 0.25) is 10.0 Å². The molecule has 0 aromatic heterocycles. The molecule has 1 fully saturated rings. The molecule has 0 radical (unpaired) electrons. The van der Waals surface area contributed by atoms with Crippen molar-refractivity contribution < 1.29 is 8.42 Å². The minimum absolute atomic E-state index is 0.0638. The highest BCUT2D eigenvalue weighted by Crippen LogP contribution is 2.43. The predicted octanol–water partition coefficient (Wildman–Crippen LogP) is 1.46. The zero-order valence-corrected chi connectivity index (χ0v) is 11.7. The third-order valence-corrected chi connectivity index (χ3v) is 5.23. The van der Waals surface area contributed by atoms with Crippen LogP contribution in [0.2, 0.25) is 0 Å². The lowest BCUT2D eigenvalue weighted by molar-refractivity contribution is 0.253. The molecule has 5 heteroatoms. The molecule has 2 rings (SSSR count). The second-order valence-electron chi connectivity index (χ2n) is 5.12. The van der Waals surface area contributed by atoms with Crippen LogP contribution in [0.3, 0.4) is 0 Å². The lowest BCUT2D eigenvalue weighted by Gasteiger charge is -2.41. The first-order valence-corrected chi connectivity index (χ1v) is 7.98. The van der Waals surface area contributed by atoms with Crippen molar-refractivity contribution in [2.75, 3.05) is 24.2 Å². The van der Waals surface area contributed by atoms with Gasteiger partial charge in [-0.2, -0.15) is 0 Å². The van der Waals surface area contributed by atoms with Crippen LogP contribution >= 0.6 is 0 Å². The maximum absolute atomic E-state index is 11.5. The Balaban J connectivity index is 2.37. The number of hydrogen-bond acceptors (Lipinski definition) is 3. The van der Waals surface area contributed by atoms with E-state index in [2.05, 4.69) is 0 Å². The van der Waals surface area contributed by atoms with E-state index in [4.69, 9.17) is 5.73 Å². The van der Waals surface area contributed by atoms with Crippen LogP contribution in [0, 0.1) is 0 Å². The van der Waals surface area contributed by atoms with Crippen LogP contribution in [0.25, 0.3) is 0 Å². The van der Waals surface area contributed by atoms with E-state index in [1.165, 1.54) is 17.0 Å². The smallest absolute Gasteiger partial charge is 0.231 e. The fourth-order valence-electron chi connectivity index (χ4n) is 2.44. The monoisotopic (exact) mass is 268 g/mol. The second kappa shape index (κ2) is 4.55. The molecule has 1 aromatic rings. The molecule has 1 aromatic carbocycles. The van der Waals surface area contributed by atoms with Crippen LogP contribution in [0.4, 0.5) is 5.69 Å². The van der Waals surface area contributed by atoms with Gasteiger partial charge < -0.3 is 5.73 Å². The topological polar surface area (TPSA) is 63.4 Å². The van der Waals surface area contributed by atoms with E-state index in [-0.39, 0.29) is 5.41 Å². The quantitative estimate of drug-likeness (QED) is 0.899. The van der Waals surface area contributed by atoms with Crippen molar-refractivity contribution in [2.24, 2.45) is 5.73 Å². The van der Waals surface area contributed by atoms with Gasteiger partial charge in [-0.15, -0.1) is 0 Å². The molecule has 0 saturated heterocycles. The number of nitrogens with zero attached hydrogens (tertiary/aromatic N) is 1. The summed E-state index contributed by atoms with van der Waals surface area (Å²) in [5, 5.41) is 0. The third kappa shape index (κ3) is 2.24. The molecular formula is C13H20N2O2S. The van der Waals surface area contributed by atoms with Crippen molar-refractivity contribution in [3.63, 3.8) is 0 Å². The van der Waals surface area contributed by atoms with Crippen molar-refractivity contribution in [1.82, 2.24) is 0 Å². The van der Waals surface area contributed by atoms with Gasteiger partial charge in [-0.25, -0.2) is 8.42 Å². The number of rotatable bonds is 4. The summed E-state index contributed by atoms with van der Waals surface area (Å²) in [6.07, 6.45) is 4.59. The van der Waals surface area contributed by atoms with Gasteiger partial charge in [-0.05, 0) is 30.5 Å². The molecule has 1 saturated carbocycles. The van der Waals surface area contributed by atoms with E-state index in [9.17, 15) is 8.42 Å². The Labute approximate surface area is 109 Å². The molecule has 0 atom stereocenters.